The molecule has 0 atom stereocenters. The van der Waals surface area contributed by atoms with Gasteiger partial charge in [-0.15, -0.1) is 0 Å². The molecule has 6 nitrogen and oxygen atoms in total. The number of primary amides is 1. The zero-order valence-corrected chi connectivity index (χ0v) is 9.75. The van der Waals surface area contributed by atoms with Gasteiger partial charge in [0.25, 0.3) is 11.8 Å². The number of hydrogen-bond acceptors (Lipinski definition) is 5. The van der Waals surface area contributed by atoms with Crippen LogP contribution in [0.5, 0.6) is 11.6 Å². The number of hydrogen-bond donors (Lipinski definition) is 1. The van der Waals surface area contributed by atoms with Gasteiger partial charge in [-0.25, -0.2) is 0 Å². The molecule has 0 spiro atoms. The molecule has 0 radical (unpaired) electrons. The van der Waals surface area contributed by atoms with Gasteiger partial charge in [-0.2, -0.15) is 0 Å². The summed E-state index contributed by atoms with van der Waals surface area (Å²) < 4.78 is 15.1. The summed E-state index contributed by atoms with van der Waals surface area (Å²) in [5.74, 6) is 0.289. The molecular formula is C12H12N2O4. The molecule has 0 aliphatic carbocycles. The Bertz CT molecular complexity index is 533. The Morgan fingerprint density at radius 1 is 1.39 bits per heavy atom. The Kier molecular flexibility index (Phi) is 3.47. The van der Waals surface area contributed by atoms with Gasteiger partial charge in [0.1, 0.15) is 12.4 Å². The highest BCUT2D eigenvalue weighted by atomic mass is 16.5. The molecule has 0 aliphatic heterocycles. The van der Waals surface area contributed by atoms with Crippen molar-refractivity contribution in [3.63, 3.8) is 0 Å². The zero-order valence-electron chi connectivity index (χ0n) is 9.75. The third kappa shape index (κ3) is 2.79. The monoisotopic (exact) mass is 248 g/mol. The van der Waals surface area contributed by atoms with Crippen LogP contribution in [-0.2, 0) is 6.61 Å². The van der Waals surface area contributed by atoms with Gasteiger partial charge in [0, 0.05) is 0 Å². The summed E-state index contributed by atoms with van der Waals surface area (Å²) >= 11 is 0. The Labute approximate surface area is 103 Å². The van der Waals surface area contributed by atoms with E-state index in [2.05, 4.69) is 9.68 Å². The molecule has 18 heavy (non-hydrogen) atoms. The molecule has 1 amide bonds. The van der Waals surface area contributed by atoms with E-state index in [1.165, 1.54) is 6.07 Å². The van der Waals surface area contributed by atoms with E-state index in [1.54, 1.807) is 7.11 Å². The molecule has 1 heterocycles. The van der Waals surface area contributed by atoms with Crippen molar-refractivity contribution in [2.75, 3.05) is 7.11 Å². The van der Waals surface area contributed by atoms with Crippen molar-refractivity contribution < 1.29 is 18.8 Å². The summed E-state index contributed by atoms with van der Waals surface area (Å²) in [6, 6.07) is 8.75. The number of aromatic nitrogens is 1. The molecule has 0 unspecified atom stereocenters. The lowest BCUT2D eigenvalue weighted by atomic mass is 10.2. The first-order valence-corrected chi connectivity index (χ1v) is 5.21. The van der Waals surface area contributed by atoms with E-state index in [1.807, 2.05) is 24.3 Å². The van der Waals surface area contributed by atoms with E-state index >= 15 is 0 Å². The minimum Gasteiger partial charge on any atom is -0.497 e. The van der Waals surface area contributed by atoms with Crippen molar-refractivity contribution in [2.45, 2.75) is 6.61 Å². The largest absolute Gasteiger partial charge is 0.497 e. The third-order valence-electron chi connectivity index (χ3n) is 2.28. The SMILES string of the molecule is COc1ccc(COc2cc(C(N)=O)on2)cc1. The summed E-state index contributed by atoms with van der Waals surface area (Å²) in [6.07, 6.45) is 0. The second-order valence-corrected chi connectivity index (χ2v) is 3.53. The number of rotatable bonds is 5. The molecule has 1 aromatic heterocycles. The minimum absolute atomic E-state index is 0.0280. The maximum absolute atomic E-state index is 10.8. The highest BCUT2D eigenvalue weighted by molar-refractivity contribution is 5.89. The van der Waals surface area contributed by atoms with Gasteiger partial charge in [0.2, 0.25) is 5.76 Å². The predicted molar refractivity (Wildman–Crippen MR) is 62.3 cm³/mol. The highest BCUT2D eigenvalue weighted by Crippen LogP contribution is 2.15. The van der Waals surface area contributed by atoms with Crippen molar-refractivity contribution in [1.82, 2.24) is 5.16 Å². The number of ether oxygens (including phenoxy) is 2. The van der Waals surface area contributed by atoms with Crippen molar-refractivity contribution in [2.24, 2.45) is 5.73 Å². The minimum atomic E-state index is -0.679. The van der Waals surface area contributed by atoms with Crippen LogP contribution >= 0.6 is 0 Å². The van der Waals surface area contributed by atoms with Gasteiger partial charge >= 0.3 is 0 Å². The normalized spacial score (nSPS) is 10.1. The molecular weight excluding hydrogens is 236 g/mol. The van der Waals surface area contributed by atoms with Crippen LogP contribution in [0.25, 0.3) is 0 Å². The van der Waals surface area contributed by atoms with Crippen LogP contribution in [0.2, 0.25) is 0 Å². The molecule has 6 heteroatoms. The highest BCUT2D eigenvalue weighted by Gasteiger charge is 2.09. The fourth-order valence-corrected chi connectivity index (χ4v) is 1.32. The molecule has 1 aromatic carbocycles. The fourth-order valence-electron chi connectivity index (χ4n) is 1.32. The number of amides is 1. The number of carbonyl (C=O) groups is 1. The third-order valence-corrected chi connectivity index (χ3v) is 2.28. The molecule has 2 N–H and O–H groups in total. The first-order valence-electron chi connectivity index (χ1n) is 5.21. The topological polar surface area (TPSA) is 87.6 Å². The number of nitrogens with zero attached hydrogens (tertiary/aromatic N) is 1. The second kappa shape index (κ2) is 5.22. The van der Waals surface area contributed by atoms with E-state index in [-0.39, 0.29) is 11.6 Å². The number of carbonyl (C=O) groups excluding carboxylic acids is 1. The van der Waals surface area contributed by atoms with Crippen LogP contribution in [0.4, 0.5) is 0 Å². The van der Waals surface area contributed by atoms with Crippen LogP contribution in [0.1, 0.15) is 16.1 Å². The molecule has 0 saturated carbocycles. The molecule has 2 aromatic rings. The first kappa shape index (κ1) is 12.0. The molecule has 0 aliphatic rings. The average Bonchev–Trinajstić information content (AvgIpc) is 2.86. The Hall–Kier alpha value is -2.50. The molecule has 0 fully saturated rings. The zero-order chi connectivity index (χ0) is 13.0. The Morgan fingerprint density at radius 3 is 2.67 bits per heavy atom. The summed E-state index contributed by atoms with van der Waals surface area (Å²) in [6.45, 7) is 0.314. The van der Waals surface area contributed by atoms with Crippen LogP contribution < -0.4 is 15.2 Å². The summed E-state index contributed by atoms with van der Waals surface area (Å²) in [5.41, 5.74) is 5.97. The standard InChI is InChI=1S/C12H12N2O4/c1-16-9-4-2-8(3-5-9)7-17-11-6-10(12(13)15)18-14-11/h2-6H,7H2,1H3,(H2,13,15). The Morgan fingerprint density at radius 2 is 2.11 bits per heavy atom. The van der Waals surface area contributed by atoms with Crippen molar-refractivity contribution in [3.8, 4) is 11.6 Å². The maximum Gasteiger partial charge on any atom is 0.287 e. The summed E-state index contributed by atoms with van der Waals surface area (Å²) in [7, 11) is 1.60. The van der Waals surface area contributed by atoms with E-state index in [0.717, 1.165) is 11.3 Å². The molecule has 2 rings (SSSR count). The van der Waals surface area contributed by atoms with Crippen LogP contribution in [0.3, 0.4) is 0 Å². The lowest BCUT2D eigenvalue weighted by molar-refractivity contribution is 0.0964. The lowest BCUT2D eigenvalue weighted by Gasteiger charge is -2.03. The van der Waals surface area contributed by atoms with Gasteiger partial charge in [-0.3, -0.25) is 4.79 Å². The van der Waals surface area contributed by atoms with E-state index < -0.39 is 5.91 Å². The summed E-state index contributed by atoms with van der Waals surface area (Å²) in [5, 5.41) is 3.56. The quantitative estimate of drug-likeness (QED) is 0.863. The van der Waals surface area contributed by atoms with Gasteiger partial charge in [-0.05, 0) is 22.9 Å². The van der Waals surface area contributed by atoms with E-state index in [9.17, 15) is 4.79 Å². The number of nitrogens with two attached hydrogens (primary N) is 1. The molecule has 94 valence electrons. The fraction of sp³-hybridized carbons (Fsp3) is 0.167. The second-order valence-electron chi connectivity index (χ2n) is 3.53. The number of benzene rings is 1. The smallest absolute Gasteiger partial charge is 0.287 e. The maximum atomic E-state index is 10.8. The van der Waals surface area contributed by atoms with Gasteiger partial charge in [-0.1, -0.05) is 12.1 Å². The summed E-state index contributed by atoms with van der Waals surface area (Å²) in [4.78, 5) is 10.8. The van der Waals surface area contributed by atoms with E-state index in [4.69, 9.17) is 15.2 Å². The predicted octanol–water partition coefficient (Wildman–Crippen LogP) is 1.36. The molecule has 0 saturated heterocycles. The van der Waals surface area contributed by atoms with Gasteiger partial charge < -0.3 is 19.7 Å². The lowest BCUT2D eigenvalue weighted by Crippen LogP contribution is -2.09. The van der Waals surface area contributed by atoms with Crippen molar-refractivity contribution in [1.29, 1.82) is 0 Å². The van der Waals surface area contributed by atoms with Crippen molar-refractivity contribution >= 4 is 5.91 Å². The van der Waals surface area contributed by atoms with Crippen molar-refractivity contribution in [3.05, 3.63) is 41.7 Å². The van der Waals surface area contributed by atoms with Gasteiger partial charge in [0.15, 0.2) is 0 Å². The van der Waals surface area contributed by atoms with E-state index in [0.29, 0.717) is 6.61 Å². The van der Waals surface area contributed by atoms with Crippen LogP contribution in [0.15, 0.2) is 34.9 Å². The van der Waals surface area contributed by atoms with Crippen LogP contribution in [0, 0.1) is 0 Å². The van der Waals surface area contributed by atoms with Crippen LogP contribution in [-0.4, -0.2) is 18.2 Å². The molecule has 0 bridgehead atoms. The Balaban J connectivity index is 1.95. The number of methoxy groups -OCH3 is 1. The first-order chi connectivity index (χ1) is 8.69. The average molecular weight is 248 g/mol. The van der Waals surface area contributed by atoms with Gasteiger partial charge in [0.05, 0.1) is 13.2 Å².